The first-order chi connectivity index (χ1) is 22.8. The average molecular weight is 585 g/mol. The fourth-order valence-corrected chi connectivity index (χ4v) is 7.49. The highest BCUT2D eigenvalue weighted by molar-refractivity contribution is 6.20. The largest absolute Gasteiger partial charge is 0.0767 e. The summed E-state index contributed by atoms with van der Waals surface area (Å²) in [5.41, 5.74) is 11.5. The molecule has 0 nitrogen and oxygen atoms in total. The molecule has 2 aliphatic rings. The summed E-state index contributed by atoms with van der Waals surface area (Å²) in [6.45, 7) is 0. The van der Waals surface area contributed by atoms with Crippen molar-refractivity contribution < 1.29 is 0 Å². The third kappa shape index (κ3) is 4.54. The van der Waals surface area contributed by atoms with Gasteiger partial charge in [0.2, 0.25) is 0 Å². The number of rotatable bonds is 4. The minimum absolute atomic E-state index is 0.472. The van der Waals surface area contributed by atoms with Gasteiger partial charge in [-0.3, -0.25) is 0 Å². The highest BCUT2D eigenvalue weighted by atomic mass is 14.3. The van der Waals surface area contributed by atoms with Gasteiger partial charge in [0.1, 0.15) is 0 Å². The summed E-state index contributed by atoms with van der Waals surface area (Å²) in [5.74, 6) is 0.472. The van der Waals surface area contributed by atoms with Gasteiger partial charge in [-0.2, -0.15) is 0 Å². The van der Waals surface area contributed by atoms with E-state index in [0.29, 0.717) is 5.92 Å². The molecule has 0 heteroatoms. The minimum atomic E-state index is 0.472. The summed E-state index contributed by atoms with van der Waals surface area (Å²) in [7, 11) is 0. The van der Waals surface area contributed by atoms with E-state index in [1.807, 2.05) is 0 Å². The number of allylic oxidation sites excluding steroid dienone is 8. The third-order valence-electron chi connectivity index (χ3n) is 9.72. The monoisotopic (exact) mass is 584 g/mol. The molecule has 216 valence electrons. The van der Waals surface area contributed by atoms with E-state index in [2.05, 4.69) is 176 Å². The first-order valence-corrected chi connectivity index (χ1v) is 16.2. The Morgan fingerprint density at radius 2 is 1.04 bits per heavy atom. The van der Waals surface area contributed by atoms with Gasteiger partial charge in [0.25, 0.3) is 0 Å². The molecule has 0 saturated heterocycles. The van der Waals surface area contributed by atoms with E-state index in [4.69, 9.17) is 0 Å². The van der Waals surface area contributed by atoms with Crippen molar-refractivity contribution in [2.24, 2.45) is 5.92 Å². The van der Waals surface area contributed by atoms with Crippen LogP contribution in [0.2, 0.25) is 0 Å². The molecule has 0 N–H and O–H groups in total. The Hall–Kier alpha value is -5.72. The third-order valence-corrected chi connectivity index (χ3v) is 9.72. The lowest BCUT2D eigenvalue weighted by molar-refractivity contribution is 0.783. The molecular weight excluding hydrogens is 553 g/mol. The van der Waals surface area contributed by atoms with Gasteiger partial charge in [0.15, 0.2) is 0 Å². The molecule has 7 aromatic rings. The van der Waals surface area contributed by atoms with E-state index < -0.39 is 0 Å². The maximum Gasteiger partial charge on any atom is 0.00561 e. The molecule has 2 aliphatic carbocycles. The van der Waals surface area contributed by atoms with Crippen molar-refractivity contribution in [1.29, 1.82) is 0 Å². The van der Waals surface area contributed by atoms with E-state index in [1.54, 1.807) is 0 Å². The lowest BCUT2D eigenvalue weighted by Gasteiger charge is -2.24. The smallest absolute Gasteiger partial charge is 0.00561 e. The number of fused-ring (bicyclic) bond motifs is 4. The predicted octanol–water partition coefficient (Wildman–Crippen LogP) is 12.6. The zero-order valence-corrected chi connectivity index (χ0v) is 25.5. The van der Waals surface area contributed by atoms with E-state index in [9.17, 15) is 0 Å². The fourth-order valence-electron chi connectivity index (χ4n) is 7.49. The van der Waals surface area contributed by atoms with Gasteiger partial charge < -0.3 is 0 Å². The molecule has 46 heavy (non-hydrogen) atoms. The van der Waals surface area contributed by atoms with E-state index >= 15 is 0 Å². The standard InChI is InChI=1S/C46H32/c1-2-12-31(13-3-1)38-28-39(36-24-22-32-14-4-6-16-34(32)26-36)30-40(29-38)46-43-20-10-8-18-41(43)45(42-19-9-11-21-44(42)46)37-25-23-33-15-5-7-17-35(33)27-37/h1-22,24-30,33H,23H2. The Balaban J connectivity index is 1.32. The second kappa shape index (κ2) is 11.0. The molecule has 0 aromatic heterocycles. The van der Waals surface area contributed by atoms with Gasteiger partial charge in [-0.15, -0.1) is 0 Å². The van der Waals surface area contributed by atoms with Crippen molar-refractivity contribution in [3.63, 3.8) is 0 Å². The summed E-state index contributed by atoms with van der Waals surface area (Å²) in [5, 5.41) is 7.68. The molecule has 0 amide bonds. The summed E-state index contributed by atoms with van der Waals surface area (Å²) >= 11 is 0. The molecule has 0 fully saturated rings. The van der Waals surface area contributed by atoms with Crippen LogP contribution in [0.25, 0.3) is 71.3 Å². The van der Waals surface area contributed by atoms with E-state index in [1.165, 1.54) is 82.4 Å². The Kier molecular flexibility index (Phi) is 6.39. The molecule has 1 atom stereocenters. The number of benzene rings is 7. The highest BCUT2D eigenvalue weighted by Crippen LogP contribution is 2.45. The number of hydrogen-bond donors (Lipinski definition) is 0. The van der Waals surface area contributed by atoms with Crippen LogP contribution in [0.4, 0.5) is 0 Å². The van der Waals surface area contributed by atoms with E-state index in [-0.39, 0.29) is 0 Å². The van der Waals surface area contributed by atoms with Crippen LogP contribution in [0.1, 0.15) is 12.0 Å². The van der Waals surface area contributed by atoms with Crippen molar-refractivity contribution in [3.05, 3.63) is 187 Å². The highest BCUT2D eigenvalue weighted by Gasteiger charge is 2.22. The lowest BCUT2D eigenvalue weighted by atomic mass is 9.80. The maximum absolute atomic E-state index is 2.44. The molecule has 9 rings (SSSR count). The van der Waals surface area contributed by atoms with Crippen LogP contribution in [0, 0.1) is 5.92 Å². The van der Waals surface area contributed by atoms with Crippen LogP contribution >= 0.6 is 0 Å². The van der Waals surface area contributed by atoms with Crippen molar-refractivity contribution in [1.82, 2.24) is 0 Å². The normalized spacial score (nSPS) is 15.6. The van der Waals surface area contributed by atoms with Crippen LogP contribution < -0.4 is 0 Å². The summed E-state index contributed by atoms with van der Waals surface area (Å²) < 4.78 is 0. The van der Waals surface area contributed by atoms with Gasteiger partial charge >= 0.3 is 0 Å². The molecule has 0 spiro atoms. The Morgan fingerprint density at radius 3 is 1.78 bits per heavy atom. The molecule has 7 aromatic carbocycles. The Morgan fingerprint density at radius 1 is 0.435 bits per heavy atom. The Labute approximate surface area is 270 Å². The van der Waals surface area contributed by atoms with Crippen molar-refractivity contribution in [2.45, 2.75) is 6.42 Å². The quantitative estimate of drug-likeness (QED) is 0.181. The molecule has 0 heterocycles. The first-order valence-electron chi connectivity index (χ1n) is 16.2. The SMILES string of the molecule is C1=CC2=CC(c3c4ccccc4c(-c4cc(-c5ccccc5)cc(-c5ccc6ccccc6c5)c4)c4ccccc34)=CCC2C=C1. The summed E-state index contributed by atoms with van der Waals surface area (Å²) in [4.78, 5) is 0. The Bertz CT molecular complexity index is 2370. The summed E-state index contributed by atoms with van der Waals surface area (Å²) in [6.07, 6.45) is 14.8. The van der Waals surface area contributed by atoms with Crippen LogP contribution in [0.5, 0.6) is 0 Å². The average Bonchev–Trinajstić information content (AvgIpc) is 3.13. The molecular formula is C46H32. The van der Waals surface area contributed by atoms with Gasteiger partial charge in [-0.1, -0.05) is 152 Å². The van der Waals surface area contributed by atoms with Gasteiger partial charge in [-0.05, 0) is 113 Å². The number of hydrogen-bond acceptors (Lipinski definition) is 0. The van der Waals surface area contributed by atoms with Gasteiger partial charge in [0, 0.05) is 5.92 Å². The zero-order chi connectivity index (χ0) is 30.5. The van der Waals surface area contributed by atoms with Crippen LogP contribution in [-0.2, 0) is 0 Å². The second-order valence-electron chi connectivity index (χ2n) is 12.5. The predicted molar refractivity (Wildman–Crippen MR) is 198 cm³/mol. The molecule has 0 saturated carbocycles. The second-order valence-corrected chi connectivity index (χ2v) is 12.5. The van der Waals surface area contributed by atoms with Crippen LogP contribution in [-0.4, -0.2) is 0 Å². The van der Waals surface area contributed by atoms with Gasteiger partial charge in [0.05, 0.1) is 0 Å². The lowest BCUT2D eigenvalue weighted by Crippen LogP contribution is -2.06. The molecule has 0 radical (unpaired) electrons. The van der Waals surface area contributed by atoms with E-state index in [0.717, 1.165) is 6.42 Å². The summed E-state index contributed by atoms with van der Waals surface area (Å²) in [6, 6.07) is 51.4. The first kappa shape index (κ1) is 26.7. The fraction of sp³-hybridized carbons (Fsp3) is 0.0435. The zero-order valence-electron chi connectivity index (χ0n) is 25.5. The van der Waals surface area contributed by atoms with Crippen molar-refractivity contribution >= 4 is 37.9 Å². The van der Waals surface area contributed by atoms with Crippen molar-refractivity contribution in [2.75, 3.05) is 0 Å². The topological polar surface area (TPSA) is 0 Å². The van der Waals surface area contributed by atoms with Crippen LogP contribution in [0.15, 0.2) is 182 Å². The van der Waals surface area contributed by atoms with Gasteiger partial charge in [-0.25, -0.2) is 0 Å². The molecule has 0 aliphatic heterocycles. The molecule has 0 bridgehead atoms. The van der Waals surface area contributed by atoms with Crippen molar-refractivity contribution in [3.8, 4) is 33.4 Å². The maximum atomic E-state index is 2.44. The molecule has 1 unspecified atom stereocenters. The van der Waals surface area contributed by atoms with Crippen LogP contribution in [0.3, 0.4) is 0 Å². The minimum Gasteiger partial charge on any atom is -0.0767 e.